The highest BCUT2D eigenvalue weighted by Crippen LogP contribution is 2.40. The van der Waals surface area contributed by atoms with Gasteiger partial charge in [0.1, 0.15) is 5.75 Å². The van der Waals surface area contributed by atoms with E-state index in [4.69, 9.17) is 4.74 Å². The summed E-state index contributed by atoms with van der Waals surface area (Å²) in [4.78, 5) is 4.30. The Bertz CT molecular complexity index is 535. The molecule has 0 amide bonds. The number of nitrogens with one attached hydrogen (secondary N) is 1. The minimum atomic E-state index is 0.642. The summed E-state index contributed by atoms with van der Waals surface area (Å²) in [5.41, 5.74) is 4.45. The lowest BCUT2D eigenvalue weighted by molar-refractivity contribution is 0.284. The van der Waals surface area contributed by atoms with Crippen LogP contribution in [0.15, 0.2) is 35.2 Å². The molecule has 0 radical (unpaired) electrons. The summed E-state index contributed by atoms with van der Waals surface area (Å²) >= 11 is 1.67. The quantitative estimate of drug-likeness (QED) is 0.886. The van der Waals surface area contributed by atoms with Crippen LogP contribution in [0, 0.1) is 0 Å². The van der Waals surface area contributed by atoms with E-state index in [-0.39, 0.29) is 0 Å². The molecule has 1 fully saturated rings. The van der Waals surface area contributed by atoms with Crippen LogP contribution in [0.2, 0.25) is 0 Å². The summed E-state index contributed by atoms with van der Waals surface area (Å²) in [6.45, 7) is 1.02. The van der Waals surface area contributed by atoms with Gasteiger partial charge in [-0.1, -0.05) is 18.2 Å². The number of thiazole rings is 1. The van der Waals surface area contributed by atoms with E-state index < -0.39 is 0 Å². The van der Waals surface area contributed by atoms with Gasteiger partial charge >= 0.3 is 0 Å². The van der Waals surface area contributed by atoms with E-state index >= 15 is 0 Å². The number of para-hydroxylation sites is 1. The first-order chi connectivity index (χ1) is 9.86. The highest BCUT2D eigenvalue weighted by atomic mass is 32.1. The van der Waals surface area contributed by atoms with Gasteiger partial charge in [-0.05, 0) is 30.4 Å². The molecule has 0 aliphatic heterocycles. The zero-order chi connectivity index (χ0) is 13.8. The Morgan fingerprint density at radius 1 is 1.35 bits per heavy atom. The van der Waals surface area contributed by atoms with Crippen LogP contribution < -0.4 is 10.1 Å². The Balaban J connectivity index is 1.44. The second-order valence-electron chi connectivity index (χ2n) is 5.29. The van der Waals surface area contributed by atoms with E-state index in [1.165, 1.54) is 24.1 Å². The lowest BCUT2D eigenvalue weighted by atomic mass is 9.75. The summed E-state index contributed by atoms with van der Waals surface area (Å²) in [6, 6.07) is 9.02. The van der Waals surface area contributed by atoms with Crippen LogP contribution in [-0.2, 0) is 6.42 Å². The monoisotopic (exact) mass is 288 g/mol. The Morgan fingerprint density at radius 2 is 2.20 bits per heavy atom. The first-order valence-corrected chi connectivity index (χ1v) is 8.04. The van der Waals surface area contributed by atoms with Crippen LogP contribution >= 0.6 is 11.3 Å². The van der Waals surface area contributed by atoms with Crippen molar-refractivity contribution in [1.82, 2.24) is 10.3 Å². The summed E-state index contributed by atoms with van der Waals surface area (Å²) in [7, 11) is 1.75. The third-order valence-corrected chi connectivity index (χ3v) is 4.65. The lowest BCUT2D eigenvalue weighted by Gasteiger charge is -2.37. The number of methoxy groups -OCH3 is 1. The number of aromatic nitrogens is 1. The summed E-state index contributed by atoms with van der Waals surface area (Å²) in [5, 5.41) is 5.74. The van der Waals surface area contributed by atoms with Crippen molar-refractivity contribution < 1.29 is 4.74 Å². The minimum absolute atomic E-state index is 0.642. The SMILES string of the molecule is COc1ccccc1C1CC(NCCc2cscn2)C1. The molecule has 2 aromatic rings. The van der Waals surface area contributed by atoms with Crippen molar-refractivity contribution in [2.24, 2.45) is 0 Å². The van der Waals surface area contributed by atoms with Crippen LogP contribution in [0.25, 0.3) is 0 Å². The number of hydrogen-bond donors (Lipinski definition) is 1. The van der Waals surface area contributed by atoms with E-state index in [1.807, 2.05) is 11.6 Å². The highest BCUT2D eigenvalue weighted by Gasteiger charge is 2.31. The second-order valence-corrected chi connectivity index (χ2v) is 6.01. The van der Waals surface area contributed by atoms with Gasteiger partial charge < -0.3 is 10.1 Å². The largest absolute Gasteiger partial charge is 0.496 e. The number of benzene rings is 1. The predicted molar refractivity (Wildman–Crippen MR) is 82.6 cm³/mol. The fourth-order valence-corrected chi connectivity index (χ4v) is 3.40. The maximum Gasteiger partial charge on any atom is 0.122 e. The fourth-order valence-electron chi connectivity index (χ4n) is 2.81. The summed E-state index contributed by atoms with van der Waals surface area (Å²) in [5.74, 6) is 1.67. The maximum absolute atomic E-state index is 5.44. The summed E-state index contributed by atoms with van der Waals surface area (Å²) in [6.07, 6.45) is 3.44. The van der Waals surface area contributed by atoms with Crippen molar-refractivity contribution in [2.45, 2.75) is 31.2 Å². The molecule has 1 aromatic carbocycles. The molecule has 1 aromatic heterocycles. The molecule has 1 aliphatic carbocycles. The molecular weight excluding hydrogens is 268 g/mol. The molecule has 0 unspecified atom stereocenters. The third-order valence-electron chi connectivity index (χ3n) is 4.01. The fraction of sp³-hybridized carbons (Fsp3) is 0.438. The first kappa shape index (κ1) is 13.6. The Morgan fingerprint density at radius 3 is 2.95 bits per heavy atom. The Labute approximate surface area is 124 Å². The molecule has 3 nitrogen and oxygen atoms in total. The van der Waals surface area contributed by atoms with Gasteiger partial charge in [0.25, 0.3) is 0 Å². The molecule has 1 heterocycles. The third kappa shape index (κ3) is 3.02. The van der Waals surface area contributed by atoms with Crippen molar-refractivity contribution in [1.29, 1.82) is 0 Å². The molecule has 0 saturated heterocycles. The number of hydrogen-bond acceptors (Lipinski definition) is 4. The molecule has 20 heavy (non-hydrogen) atoms. The van der Waals surface area contributed by atoms with E-state index in [0.717, 1.165) is 18.7 Å². The van der Waals surface area contributed by atoms with Gasteiger partial charge in [-0.3, -0.25) is 0 Å². The van der Waals surface area contributed by atoms with Gasteiger partial charge in [-0.25, -0.2) is 4.98 Å². The van der Waals surface area contributed by atoms with Gasteiger partial charge in [0.15, 0.2) is 0 Å². The Hall–Kier alpha value is -1.39. The van der Waals surface area contributed by atoms with Crippen molar-refractivity contribution in [3.05, 3.63) is 46.4 Å². The molecule has 106 valence electrons. The van der Waals surface area contributed by atoms with E-state index in [9.17, 15) is 0 Å². The molecule has 4 heteroatoms. The van der Waals surface area contributed by atoms with E-state index in [1.54, 1.807) is 18.4 Å². The van der Waals surface area contributed by atoms with Crippen LogP contribution in [0.4, 0.5) is 0 Å². The zero-order valence-corrected chi connectivity index (χ0v) is 12.5. The molecule has 1 saturated carbocycles. The van der Waals surface area contributed by atoms with Crippen molar-refractivity contribution in [3.8, 4) is 5.75 Å². The van der Waals surface area contributed by atoms with Crippen LogP contribution in [-0.4, -0.2) is 24.7 Å². The highest BCUT2D eigenvalue weighted by molar-refractivity contribution is 7.07. The molecular formula is C16H20N2OS. The van der Waals surface area contributed by atoms with Gasteiger partial charge in [-0.15, -0.1) is 11.3 Å². The minimum Gasteiger partial charge on any atom is -0.496 e. The molecule has 0 spiro atoms. The maximum atomic E-state index is 5.44. The van der Waals surface area contributed by atoms with Crippen LogP contribution in [0.5, 0.6) is 5.75 Å². The van der Waals surface area contributed by atoms with Gasteiger partial charge in [0.2, 0.25) is 0 Å². The van der Waals surface area contributed by atoms with Crippen molar-refractivity contribution in [3.63, 3.8) is 0 Å². The first-order valence-electron chi connectivity index (χ1n) is 7.10. The summed E-state index contributed by atoms with van der Waals surface area (Å²) < 4.78 is 5.44. The average molecular weight is 288 g/mol. The smallest absolute Gasteiger partial charge is 0.122 e. The predicted octanol–water partition coefficient (Wildman–Crippen LogP) is 3.23. The number of ether oxygens (including phenoxy) is 1. The number of nitrogens with zero attached hydrogens (tertiary/aromatic N) is 1. The molecule has 3 rings (SSSR count). The van der Waals surface area contributed by atoms with Crippen molar-refractivity contribution >= 4 is 11.3 Å². The normalized spacial score (nSPS) is 21.4. The second kappa shape index (κ2) is 6.37. The molecule has 1 N–H and O–H groups in total. The topological polar surface area (TPSA) is 34.1 Å². The van der Waals surface area contributed by atoms with Crippen LogP contribution in [0.3, 0.4) is 0 Å². The molecule has 0 bridgehead atoms. The van der Waals surface area contributed by atoms with Gasteiger partial charge in [0.05, 0.1) is 18.3 Å². The van der Waals surface area contributed by atoms with Crippen LogP contribution in [0.1, 0.15) is 30.0 Å². The Kier molecular flexibility index (Phi) is 4.33. The molecule has 1 aliphatic rings. The number of rotatable bonds is 6. The van der Waals surface area contributed by atoms with E-state index in [2.05, 4.69) is 33.9 Å². The van der Waals surface area contributed by atoms with Crippen molar-refractivity contribution in [2.75, 3.05) is 13.7 Å². The molecule has 0 atom stereocenters. The van der Waals surface area contributed by atoms with Gasteiger partial charge in [0, 0.05) is 24.4 Å². The lowest BCUT2D eigenvalue weighted by Crippen LogP contribution is -2.41. The van der Waals surface area contributed by atoms with Gasteiger partial charge in [-0.2, -0.15) is 0 Å². The zero-order valence-electron chi connectivity index (χ0n) is 11.7. The average Bonchev–Trinajstić information content (AvgIpc) is 2.94. The van der Waals surface area contributed by atoms with E-state index in [0.29, 0.717) is 12.0 Å². The standard InChI is InChI=1S/C16H20N2OS/c1-19-16-5-3-2-4-15(16)12-8-14(9-12)17-7-6-13-10-20-11-18-13/h2-5,10-12,14,17H,6-9H2,1H3.